The Morgan fingerprint density at radius 1 is 0.622 bits per heavy atom. The Hall–Kier alpha value is -4.56. The summed E-state index contributed by atoms with van der Waals surface area (Å²) < 4.78 is 0. The number of anilines is 3. The van der Waals surface area contributed by atoms with Gasteiger partial charge in [-0.1, -0.05) is 92.6 Å². The second kappa shape index (κ2) is 13.5. The predicted molar refractivity (Wildman–Crippen MR) is 164 cm³/mol. The van der Waals surface area contributed by atoms with Crippen molar-refractivity contribution in [3.8, 4) is 0 Å². The summed E-state index contributed by atoms with van der Waals surface area (Å²) in [5, 5.41) is 0. The van der Waals surface area contributed by atoms with Gasteiger partial charge in [0.1, 0.15) is 0 Å². The number of nitrogens with zero attached hydrogens (tertiary/aromatic N) is 2. The summed E-state index contributed by atoms with van der Waals surface area (Å²) in [7, 11) is 0. The molecule has 0 unspecified atom stereocenters. The Bertz CT molecular complexity index is 1280. The highest BCUT2D eigenvalue weighted by Crippen LogP contribution is 2.31. The Labute approximate surface area is 222 Å². The summed E-state index contributed by atoms with van der Waals surface area (Å²) >= 11 is 0. The third-order valence-corrected chi connectivity index (χ3v) is 6.09. The Morgan fingerprint density at radius 2 is 1.19 bits per heavy atom. The molecule has 0 fully saturated rings. The first-order valence-electron chi connectivity index (χ1n) is 12.4. The molecule has 0 atom stereocenters. The Kier molecular flexibility index (Phi) is 9.87. The fourth-order valence-electron chi connectivity index (χ4n) is 4.16. The lowest BCUT2D eigenvalue weighted by molar-refractivity contribution is 1.06. The van der Waals surface area contributed by atoms with E-state index in [0.717, 1.165) is 45.3 Å². The third kappa shape index (κ3) is 6.77. The molecule has 0 aliphatic carbocycles. The van der Waals surface area contributed by atoms with Gasteiger partial charge in [-0.15, -0.1) is 0 Å². The van der Waals surface area contributed by atoms with Gasteiger partial charge in [-0.2, -0.15) is 0 Å². The van der Waals surface area contributed by atoms with E-state index in [1.54, 1.807) is 0 Å². The summed E-state index contributed by atoms with van der Waals surface area (Å²) in [6.07, 6.45) is 13.9. The molecule has 0 aliphatic heterocycles. The number of hydrogen-bond donors (Lipinski definition) is 0. The van der Waals surface area contributed by atoms with E-state index in [9.17, 15) is 0 Å². The number of allylic oxidation sites excluding steroid dienone is 10. The van der Waals surface area contributed by atoms with Crippen LogP contribution in [0.3, 0.4) is 0 Å². The topological polar surface area (TPSA) is 6.48 Å². The Morgan fingerprint density at radius 3 is 1.65 bits per heavy atom. The van der Waals surface area contributed by atoms with E-state index in [4.69, 9.17) is 0 Å². The minimum atomic E-state index is 0.966. The smallest absolute Gasteiger partial charge is 0.0461 e. The molecule has 0 spiro atoms. The van der Waals surface area contributed by atoms with Gasteiger partial charge in [0.15, 0.2) is 0 Å². The average Bonchev–Trinajstić information content (AvgIpc) is 2.94. The van der Waals surface area contributed by atoms with Crippen LogP contribution in [0.5, 0.6) is 0 Å². The summed E-state index contributed by atoms with van der Waals surface area (Å²) in [6, 6.07) is 29.2. The van der Waals surface area contributed by atoms with Crippen molar-refractivity contribution in [1.82, 2.24) is 0 Å². The molecule has 0 amide bonds. The maximum absolute atomic E-state index is 4.11. The van der Waals surface area contributed by atoms with E-state index in [2.05, 4.69) is 110 Å². The lowest BCUT2D eigenvalue weighted by atomic mass is 10.0. The number of benzene rings is 3. The van der Waals surface area contributed by atoms with E-state index < -0.39 is 0 Å². The first-order valence-corrected chi connectivity index (χ1v) is 12.4. The minimum absolute atomic E-state index is 0.966. The van der Waals surface area contributed by atoms with E-state index in [1.165, 1.54) is 0 Å². The van der Waals surface area contributed by atoms with Gasteiger partial charge in [-0.3, -0.25) is 0 Å². The van der Waals surface area contributed by atoms with E-state index >= 15 is 0 Å². The van der Waals surface area contributed by atoms with Crippen LogP contribution in [-0.4, -0.2) is 0 Å². The molecule has 37 heavy (non-hydrogen) atoms. The number of hydrogen-bond acceptors (Lipinski definition) is 2. The van der Waals surface area contributed by atoms with E-state index in [0.29, 0.717) is 0 Å². The zero-order chi connectivity index (χ0) is 26.6. The van der Waals surface area contributed by atoms with Crippen LogP contribution in [0.25, 0.3) is 5.57 Å². The minimum Gasteiger partial charge on any atom is -0.319 e. The molecule has 3 aromatic rings. The molecular weight excluding hydrogens is 448 g/mol. The normalized spacial score (nSPS) is 12.6. The van der Waals surface area contributed by atoms with Crippen molar-refractivity contribution in [1.29, 1.82) is 0 Å². The molecule has 0 saturated carbocycles. The molecule has 2 nitrogen and oxygen atoms in total. The predicted octanol–water partition coefficient (Wildman–Crippen LogP) is 9.98. The first kappa shape index (κ1) is 27.0. The first-order chi connectivity index (χ1) is 18.0. The van der Waals surface area contributed by atoms with Crippen LogP contribution in [0.15, 0.2) is 164 Å². The molecule has 0 radical (unpaired) electrons. The summed E-state index contributed by atoms with van der Waals surface area (Å²) in [4.78, 5) is 4.41. The molecule has 0 bridgehead atoms. The van der Waals surface area contributed by atoms with Crippen molar-refractivity contribution < 1.29 is 0 Å². The summed E-state index contributed by atoms with van der Waals surface area (Å²) in [5.74, 6) is 0. The van der Waals surface area contributed by atoms with Crippen molar-refractivity contribution in [2.24, 2.45) is 0 Å². The van der Waals surface area contributed by atoms with E-state index in [-0.39, 0.29) is 0 Å². The van der Waals surface area contributed by atoms with E-state index in [1.807, 2.05) is 67.6 Å². The summed E-state index contributed by atoms with van der Waals surface area (Å²) in [5.41, 5.74) is 8.59. The van der Waals surface area contributed by atoms with Crippen molar-refractivity contribution in [3.05, 3.63) is 170 Å². The second-order valence-electron chi connectivity index (χ2n) is 8.48. The van der Waals surface area contributed by atoms with Crippen LogP contribution in [0.2, 0.25) is 0 Å². The fourth-order valence-corrected chi connectivity index (χ4v) is 4.16. The molecule has 186 valence electrons. The molecule has 0 heterocycles. The van der Waals surface area contributed by atoms with Gasteiger partial charge in [0.25, 0.3) is 0 Å². The van der Waals surface area contributed by atoms with Crippen LogP contribution < -0.4 is 9.80 Å². The number of rotatable bonds is 11. The molecule has 2 heteroatoms. The van der Waals surface area contributed by atoms with Gasteiger partial charge in [-0.05, 0) is 86.5 Å². The van der Waals surface area contributed by atoms with Crippen molar-refractivity contribution in [2.45, 2.75) is 20.8 Å². The van der Waals surface area contributed by atoms with Gasteiger partial charge < -0.3 is 9.80 Å². The van der Waals surface area contributed by atoms with Gasteiger partial charge in [0.05, 0.1) is 0 Å². The maximum atomic E-state index is 4.11. The lowest BCUT2D eigenvalue weighted by Crippen LogP contribution is -2.18. The molecule has 0 saturated heterocycles. The zero-order valence-corrected chi connectivity index (χ0v) is 22.1. The number of para-hydroxylation sites is 2. The van der Waals surface area contributed by atoms with Gasteiger partial charge in [-0.25, -0.2) is 0 Å². The van der Waals surface area contributed by atoms with Gasteiger partial charge in [0.2, 0.25) is 0 Å². The van der Waals surface area contributed by atoms with Gasteiger partial charge >= 0.3 is 0 Å². The van der Waals surface area contributed by atoms with Gasteiger partial charge in [0, 0.05) is 34.2 Å². The molecule has 0 aromatic heterocycles. The molecule has 3 aromatic carbocycles. The van der Waals surface area contributed by atoms with Crippen molar-refractivity contribution in [3.63, 3.8) is 0 Å². The quantitative estimate of drug-likeness (QED) is 0.250. The van der Waals surface area contributed by atoms with Crippen LogP contribution in [0, 0.1) is 0 Å². The van der Waals surface area contributed by atoms with Crippen LogP contribution in [0.4, 0.5) is 17.1 Å². The largest absolute Gasteiger partial charge is 0.319 e. The third-order valence-electron chi connectivity index (χ3n) is 6.09. The SMILES string of the molecule is C=C/C=C(\C)N(/C(C)=C/C)c1ccc(/C(C=C)=C/C=C(\C=C)N(c2ccccc2)c2ccccc2)cc1. The van der Waals surface area contributed by atoms with Crippen molar-refractivity contribution >= 4 is 22.6 Å². The monoisotopic (exact) mass is 484 g/mol. The molecule has 0 N–H and O–H groups in total. The lowest BCUT2D eigenvalue weighted by Gasteiger charge is -2.26. The fraction of sp³-hybridized carbons (Fsp3) is 0.0857. The highest BCUT2D eigenvalue weighted by molar-refractivity contribution is 5.77. The van der Waals surface area contributed by atoms with Crippen LogP contribution in [0.1, 0.15) is 26.3 Å². The van der Waals surface area contributed by atoms with Crippen LogP contribution in [-0.2, 0) is 0 Å². The second-order valence-corrected chi connectivity index (χ2v) is 8.48. The Balaban J connectivity index is 2.00. The average molecular weight is 485 g/mol. The van der Waals surface area contributed by atoms with Crippen LogP contribution >= 0.6 is 0 Å². The van der Waals surface area contributed by atoms with Crippen molar-refractivity contribution in [2.75, 3.05) is 9.80 Å². The highest BCUT2D eigenvalue weighted by Gasteiger charge is 2.12. The molecular formula is C35H36N2. The standard InChI is InChI=1S/C35H36N2/c1-7-17-29(6)36(28(5)8-2)35-26-23-31(24-27-35)30(9-3)22-25-32(10-4)37(33-18-13-11-14-19-33)34-20-15-12-16-21-34/h7-27H,1,3-4H2,2,5-6H3/b28-8+,29-17+,30-22+,32-25+. The molecule has 3 rings (SSSR count). The highest BCUT2D eigenvalue weighted by atomic mass is 15.2. The zero-order valence-electron chi connectivity index (χ0n) is 22.1. The summed E-state index contributed by atoms with van der Waals surface area (Å²) in [6.45, 7) is 18.3. The molecule has 0 aliphatic rings. The maximum Gasteiger partial charge on any atom is 0.0461 e.